The molecule has 0 saturated heterocycles. The van der Waals surface area contributed by atoms with E-state index in [2.05, 4.69) is 26.8 Å². The summed E-state index contributed by atoms with van der Waals surface area (Å²) in [5.74, 6) is 0.389. The number of allylic oxidation sites excluding steroid dienone is 1. The first-order valence-corrected chi connectivity index (χ1v) is 6.76. The number of fused-ring (bicyclic) bond motifs is 1. The molecule has 1 nitrogen and oxygen atoms in total. The molecule has 0 aromatic carbocycles. The van der Waals surface area contributed by atoms with E-state index in [1.54, 1.807) is 5.57 Å². The number of aliphatic hydroxyl groups is 1. The lowest BCUT2D eigenvalue weighted by Crippen LogP contribution is -2.38. The molecule has 0 aromatic rings. The van der Waals surface area contributed by atoms with Gasteiger partial charge in [-0.25, -0.2) is 0 Å². The molecule has 0 bridgehead atoms. The van der Waals surface area contributed by atoms with Gasteiger partial charge in [-0.15, -0.1) is 0 Å². The van der Waals surface area contributed by atoms with Gasteiger partial charge < -0.3 is 5.11 Å². The van der Waals surface area contributed by atoms with Crippen molar-refractivity contribution < 1.29 is 5.11 Å². The average Bonchev–Trinajstić information content (AvgIpc) is 2.15. The van der Waals surface area contributed by atoms with Crippen LogP contribution in [0.25, 0.3) is 0 Å². The maximum Gasteiger partial charge on any atom is 0.0574 e. The zero-order valence-corrected chi connectivity index (χ0v) is 11.2. The molecular weight excluding hydrogens is 196 g/mol. The summed E-state index contributed by atoms with van der Waals surface area (Å²) in [5, 5.41) is 9.78. The first kappa shape index (κ1) is 12.2. The second-order valence-corrected chi connectivity index (χ2v) is 6.82. The maximum absolute atomic E-state index is 9.78. The van der Waals surface area contributed by atoms with Crippen LogP contribution in [0, 0.1) is 16.7 Å². The van der Waals surface area contributed by atoms with Gasteiger partial charge in [0.05, 0.1) is 6.10 Å². The van der Waals surface area contributed by atoms with Gasteiger partial charge in [0, 0.05) is 5.92 Å². The Morgan fingerprint density at radius 3 is 2.56 bits per heavy atom. The Morgan fingerprint density at radius 1 is 1.25 bits per heavy atom. The largest absolute Gasteiger partial charge is 0.393 e. The SMILES string of the molecule is CC(O)[C@H]1C=C2C(C)(C)CCC[C@@]2(C)CC1. The molecule has 1 unspecified atom stereocenters. The van der Waals surface area contributed by atoms with Crippen molar-refractivity contribution in [2.24, 2.45) is 16.7 Å². The highest BCUT2D eigenvalue weighted by atomic mass is 16.3. The van der Waals surface area contributed by atoms with Gasteiger partial charge in [-0.2, -0.15) is 0 Å². The van der Waals surface area contributed by atoms with Gasteiger partial charge in [-0.3, -0.25) is 0 Å². The first-order valence-electron chi connectivity index (χ1n) is 6.76. The molecule has 2 aliphatic rings. The molecule has 16 heavy (non-hydrogen) atoms. The second-order valence-electron chi connectivity index (χ2n) is 6.82. The molecule has 0 heterocycles. The molecule has 0 aliphatic heterocycles. The Hall–Kier alpha value is -0.300. The van der Waals surface area contributed by atoms with Gasteiger partial charge in [-0.05, 0) is 43.4 Å². The van der Waals surface area contributed by atoms with E-state index in [0.29, 0.717) is 16.7 Å². The van der Waals surface area contributed by atoms with Crippen molar-refractivity contribution in [2.75, 3.05) is 0 Å². The predicted octanol–water partition coefficient (Wildman–Crippen LogP) is 3.92. The summed E-state index contributed by atoms with van der Waals surface area (Å²) in [7, 11) is 0. The van der Waals surface area contributed by atoms with Gasteiger partial charge in [0.15, 0.2) is 0 Å². The minimum absolute atomic E-state index is 0.185. The minimum atomic E-state index is -0.185. The number of rotatable bonds is 1. The summed E-state index contributed by atoms with van der Waals surface area (Å²) in [4.78, 5) is 0. The van der Waals surface area contributed by atoms with Crippen molar-refractivity contribution in [3.63, 3.8) is 0 Å². The summed E-state index contributed by atoms with van der Waals surface area (Å²) >= 11 is 0. The van der Waals surface area contributed by atoms with E-state index in [4.69, 9.17) is 0 Å². The summed E-state index contributed by atoms with van der Waals surface area (Å²) in [6, 6.07) is 0. The molecule has 3 atom stereocenters. The molecule has 1 N–H and O–H groups in total. The van der Waals surface area contributed by atoms with Crippen molar-refractivity contribution in [1.82, 2.24) is 0 Å². The topological polar surface area (TPSA) is 20.2 Å². The lowest BCUT2D eigenvalue weighted by atomic mass is 9.55. The van der Waals surface area contributed by atoms with E-state index < -0.39 is 0 Å². The Labute approximate surface area is 99.9 Å². The summed E-state index contributed by atoms with van der Waals surface area (Å²) in [6.07, 6.45) is 8.66. The fraction of sp³-hybridized carbons (Fsp3) is 0.867. The van der Waals surface area contributed by atoms with Crippen LogP contribution in [0.2, 0.25) is 0 Å². The highest BCUT2D eigenvalue weighted by Crippen LogP contribution is 2.55. The van der Waals surface area contributed by atoms with Gasteiger partial charge in [-0.1, -0.05) is 38.8 Å². The van der Waals surface area contributed by atoms with Gasteiger partial charge in [0.1, 0.15) is 0 Å². The third-order valence-corrected chi connectivity index (χ3v) is 4.94. The van der Waals surface area contributed by atoms with E-state index in [1.807, 2.05) is 6.92 Å². The van der Waals surface area contributed by atoms with E-state index in [0.717, 1.165) is 6.42 Å². The first-order chi connectivity index (χ1) is 7.35. The zero-order chi connectivity index (χ0) is 12.0. The van der Waals surface area contributed by atoms with Gasteiger partial charge >= 0.3 is 0 Å². The second kappa shape index (κ2) is 3.87. The Kier molecular flexibility index (Phi) is 2.94. The zero-order valence-electron chi connectivity index (χ0n) is 11.2. The molecule has 1 heteroatoms. The highest BCUT2D eigenvalue weighted by molar-refractivity contribution is 5.27. The van der Waals surface area contributed by atoms with Crippen molar-refractivity contribution >= 4 is 0 Å². The molecule has 1 fully saturated rings. The molecule has 92 valence electrons. The third-order valence-electron chi connectivity index (χ3n) is 4.94. The number of aliphatic hydroxyl groups excluding tert-OH is 1. The highest BCUT2D eigenvalue weighted by Gasteiger charge is 2.44. The van der Waals surface area contributed by atoms with Crippen molar-refractivity contribution in [3.05, 3.63) is 11.6 Å². The summed E-state index contributed by atoms with van der Waals surface area (Å²) in [5.41, 5.74) is 2.40. The van der Waals surface area contributed by atoms with E-state index in [9.17, 15) is 5.11 Å². The number of hydrogen-bond donors (Lipinski definition) is 1. The molecule has 2 rings (SSSR count). The summed E-state index contributed by atoms with van der Waals surface area (Å²) < 4.78 is 0. The normalized spacial score (nSPS) is 39.8. The van der Waals surface area contributed by atoms with Crippen LogP contribution in [0.4, 0.5) is 0 Å². The molecule has 1 saturated carbocycles. The van der Waals surface area contributed by atoms with Crippen LogP contribution in [0.5, 0.6) is 0 Å². The van der Waals surface area contributed by atoms with Gasteiger partial charge in [0.25, 0.3) is 0 Å². The lowest BCUT2D eigenvalue weighted by molar-refractivity contribution is 0.103. The predicted molar refractivity (Wildman–Crippen MR) is 68.2 cm³/mol. The van der Waals surface area contributed by atoms with Crippen LogP contribution in [0.3, 0.4) is 0 Å². The number of hydrogen-bond acceptors (Lipinski definition) is 1. The molecule has 2 aliphatic carbocycles. The van der Waals surface area contributed by atoms with Gasteiger partial charge in [0.2, 0.25) is 0 Å². The van der Waals surface area contributed by atoms with E-state index in [1.165, 1.54) is 25.7 Å². The van der Waals surface area contributed by atoms with Crippen LogP contribution >= 0.6 is 0 Å². The van der Waals surface area contributed by atoms with Crippen LogP contribution in [0.15, 0.2) is 11.6 Å². The van der Waals surface area contributed by atoms with E-state index >= 15 is 0 Å². The van der Waals surface area contributed by atoms with Crippen molar-refractivity contribution in [3.8, 4) is 0 Å². The fourth-order valence-corrected chi connectivity index (χ4v) is 3.86. The fourth-order valence-electron chi connectivity index (χ4n) is 3.86. The average molecular weight is 222 g/mol. The molecule has 0 radical (unpaired) electrons. The molecule has 0 aromatic heterocycles. The Balaban J connectivity index is 2.35. The maximum atomic E-state index is 9.78. The monoisotopic (exact) mass is 222 g/mol. The molecular formula is C15H26O. The third kappa shape index (κ3) is 1.95. The smallest absolute Gasteiger partial charge is 0.0574 e. The quantitative estimate of drug-likeness (QED) is 0.667. The Bertz CT molecular complexity index is 301. The summed E-state index contributed by atoms with van der Waals surface area (Å²) in [6.45, 7) is 9.11. The lowest BCUT2D eigenvalue weighted by Gasteiger charge is -2.50. The standard InChI is InChI=1S/C15H26O/c1-11(16)12-6-9-15(4)8-5-7-14(2,3)13(15)10-12/h10-12,16H,5-9H2,1-4H3/t11?,12-,15+/m1/s1. The minimum Gasteiger partial charge on any atom is -0.393 e. The van der Waals surface area contributed by atoms with Crippen LogP contribution in [-0.2, 0) is 0 Å². The van der Waals surface area contributed by atoms with Crippen molar-refractivity contribution in [2.45, 2.75) is 65.9 Å². The van der Waals surface area contributed by atoms with Crippen LogP contribution < -0.4 is 0 Å². The van der Waals surface area contributed by atoms with E-state index in [-0.39, 0.29) is 6.10 Å². The van der Waals surface area contributed by atoms with Crippen LogP contribution in [-0.4, -0.2) is 11.2 Å². The van der Waals surface area contributed by atoms with Crippen molar-refractivity contribution in [1.29, 1.82) is 0 Å². The molecule has 0 spiro atoms. The Morgan fingerprint density at radius 2 is 1.94 bits per heavy atom. The van der Waals surface area contributed by atoms with Crippen LogP contribution in [0.1, 0.15) is 59.8 Å². The molecule has 0 amide bonds.